The lowest BCUT2D eigenvalue weighted by Crippen LogP contribution is -2.48. The third-order valence-electron chi connectivity index (χ3n) is 5.79. The zero-order valence-electron chi connectivity index (χ0n) is 15.0. The molecule has 1 saturated carbocycles. The number of fused-ring (bicyclic) bond motifs is 1. The summed E-state index contributed by atoms with van der Waals surface area (Å²) in [4.78, 5) is 11.4. The van der Waals surface area contributed by atoms with Crippen LogP contribution in [-0.4, -0.2) is 35.7 Å². The van der Waals surface area contributed by atoms with E-state index >= 15 is 0 Å². The van der Waals surface area contributed by atoms with Gasteiger partial charge in [0.25, 0.3) is 0 Å². The molecule has 4 rings (SSSR count). The Labute approximate surface area is 148 Å². The molecular weight excluding hydrogens is 314 g/mol. The zero-order chi connectivity index (χ0) is 17.2. The van der Waals surface area contributed by atoms with Gasteiger partial charge in [-0.2, -0.15) is 4.98 Å². The van der Waals surface area contributed by atoms with E-state index in [1.165, 1.54) is 19.3 Å². The van der Waals surface area contributed by atoms with Crippen molar-refractivity contribution in [2.24, 2.45) is 22.7 Å². The maximum Gasteiger partial charge on any atom is 0.302 e. The van der Waals surface area contributed by atoms with E-state index in [2.05, 4.69) is 39.4 Å². The van der Waals surface area contributed by atoms with E-state index in [0.717, 1.165) is 48.0 Å². The van der Waals surface area contributed by atoms with E-state index in [1.807, 2.05) is 24.3 Å². The predicted molar refractivity (Wildman–Crippen MR) is 100 cm³/mol. The van der Waals surface area contributed by atoms with E-state index in [1.54, 1.807) is 0 Å². The van der Waals surface area contributed by atoms with Crippen LogP contribution >= 0.6 is 0 Å². The van der Waals surface area contributed by atoms with Crippen LogP contribution in [0.5, 0.6) is 0 Å². The van der Waals surface area contributed by atoms with Crippen molar-refractivity contribution in [1.82, 2.24) is 15.2 Å². The molecule has 0 amide bonds. The first-order valence-electron chi connectivity index (χ1n) is 9.32. The fourth-order valence-corrected chi connectivity index (χ4v) is 3.98. The Morgan fingerprint density at radius 1 is 1.28 bits per heavy atom. The second-order valence-corrected chi connectivity index (χ2v) is 7.48. The van der Waals surface area contributed by atoms with Crippen LogP contribution in [0, 0.1) is 17.8 Å². The molecule has 6 heteroatoms. The molecule has 0 radical (unpaired) electrons. The van der Waals surface area contributed by atoms with Crippen LogP contribution in [0.3, 0.4) is 0 Å². The highest BCUT2D eigenvalue weighted by Gasteiger charge is 2.29. The van der Waals surface area contributed by atoms with Gasteiger partial charge in [-0.05, 0) is 36.3 Å². The second kappa shape index (κ2) is 7.04. The Morgan fingerprint density at radius 3 is 2.96 bits per heavy atom. The van der Waals surface area contributed by atoms with Crippen LogP contribution in [0.4, 0.5) is 6.01 Å². The van der Waals surface area contributed by atoms with E-state index in [9.17, 15) is 0 Å². The molecule has 25 heavy (non-hydrogen) atoms. The van der Waals surface area contributed by atoms with Crippen molar-refractivity contribution in [3.05, 3.63) is 24.3 Å². The van der Waals surface area contributed by atoms with Crippen molar-refractivity contribution in [2.45, 2.75) is 33.1 Å². The maximum absolute atomic E-state index is 5.69. The van der Waals surface area contributed by atoms with Crippen LogP contribution in [0.2, 0.25) is 0 Å². The summed E-state index contributed by atoms with van der Waals surface area (Å²) in [7, 11) is 0. The van der Waals surface area contributed by atoms with Gasteiger partial charge in [0.2, 0.25) is 5.96 Å². The summed E-state index contributed by atoms with van der Waals surface area (Å²) in [5, 5.41) is 6.49. The zero-order valence-corrected chi connectivity index (χ0v) is 15.0. The van der Waals surface area contributed by atoms with Crippen molar-refractivity contribution < 1.29 is 4.42 Å². The Kier molecular flexibility index (Phi) is 4.61. The highest BCUT2D eigenvalue weighted by atomic mass is 16.4. The first-order chi connectivity index (χ1) is 12.2. The maximum atomic E-state index is 5.69. The van der Waals surface area contributed by atoms with Gasteiger partial charge in [-0.25, -0.2) is 4.99 Å². The molecule has 2 aromatic rings. The number of anilines is 1. The summed E-state index contributed by atoms with van der Waals surface area (Å²) in [6, 6.07) is 8.23. The molecule has 1 aromatic carbocycles. The molecule has 134 valence electrons. The van der Waals surface area contributed by atoms with Crippen molar-refractivity contribution in [2.75, 3.05) is 25.2 Å². The molecule has 2 N–H and O–H groups in total. The molecule has 1 fully saturated rings. The SMILES string of the molecule is C[C@H]1[C@@H](CN2CN=C(Nc3nc4ccccc4o3)NC2)CCC[C@H]1C. The van der Waals surface area contributed by atoms with E-state index in [4.69, 9.17) is 4.42 Å². The highest BCUT2D eigenvalue weighted by Crippen LogP contribution is 2.34. The van der Waals surface area contributed by atoms with Gasteiger partial charge in [0.15, 0.2) is 5.58 Å². The van der Waals surface area contributed by atoms with Crippen LogP contribution in [0.25, 0.3) is 11.1 Å². The fourth-order valence-electron chi connectivity index (χ4n) is 3.98. The summed E-state index contributed by atoms with van der Waals surface area (Å²) in [5.74, 6) is 3.16. The van der Waals surface area contributed by atoms with Gasteiger partial charge in [0, 0.05) is 6.54 Å². The minimum atomic E-state index is 0.482. The monoisotopic (exact) mass is 341 g/mol. The Bertz CT molecular complexity index is 722. The van der Waals surface area contributed by atoms with Crippen LogP contribution in [-0.2, 0) is 0 Å². The van der Waals surface area contributed by atoms with Crippen molar-refractivity contribution >= 4 is 23.1 Å². The number of aromatic nitrogens is 1. The van der Waals surface area contributed by atoms with Gasteiger partial charge in [-0.3, -0.25) is 10.2 Å². The number of hydrogen-bond donors (Lipinski definition) is 2. The van der Waals surface area contributed by atoms with Crippen LogP contribution < -0.4 is 10.6 Å². The van der Waals surface area contributed by atoms with Crippen LogP contribution in [0.1, 0.15) is 33.1 Å². The summed E-state index contributed by atoms with van der Waals surface area (Å²) in [5.41, 5.74) is 1.63. The molecule has 3 atom stereocenters. The third-order valence-corrected chi connectivity index (χ3v) is 5.79. The molecular formula is C19H27N5O. The Balaban J connectivity index is 1.34. The van der Waals surface area contributed by atoms with Gasteiger partial charge in [-0.1, -0.05) is 38.8 Å². The average molecular weight is 341 g/mol. The Hall–Kier alpha value is -2.08. The first kappa shape index (κ1) is 16.4. The predicted octanol–water partition coefficient (Wildman–Crippen LogP) is 3.49. The number of aliphatic imine (C=N–C) groups is 1. The highest BCUT2D eigenvalue weighted by molar-refractivity contribution is 5.93. The second-order valence-electron chi connectivity index (χ2n) is 7.48. The van der Waals surface area contributed by atoms with Gasteiger partial charge in [0.05, 0.1) is 13.3 Å². The van der Waals surface area contributed by atoms with E-state index < -0.39 is 0 Å². The van der Waals surface area contributed by atoms with Gasteiger partial charge in [-0.15, -0.1) is 0 Å². The Morgan fingerprint density at radius 2 is 2.16 bits per heavy atom. The smallest absolute Gasteiger partial charge is 0.302 e. The van der Waals surface area contributed by atoms with Gasteiger partial charge in [0.1, 0.15) is 5.52 Å². The molecule has 1 aliphatic heterocycles. The van der Waals surface area contributed by atoms with Crippen LogP contribution in [0.15, 0.2) is 33.7 Å². The van der Waals surface area contributed by atoms with Gasteiger partial charge < -0.3 is 9.73 Å². The summed E-state index contributed by atoms with van der Waals surface area (Å²) in [6.45, 7) is 7.45. The molecule has 6 nitrogen and oxygen atoms in total. The quantitative estimate of drug-likeness (QED) is 0.895. The summed E-state index contributed by atoms with van der Waals surface area (Å²) >= 11 is 0. The van der Waals surface area contributed by atoms with Crippen molar-refractivity contribution in [3.63, 3.8) is 0 Å². The third kappa shape index (κ3) is 3.63. The summed E-state index contributed by atoms with van der Waals surface area (Å²) < 4.78 is 5.69. The lowest BCUT2D eigenvalue weighted by Gasteiger charge is -2.38. The number of nitrogens with one attached hydrogen (secondary N) is 2. The fraction of sp³-hybridized carbons (Fsp3) is 0.579. The number of guanidine groups is 1. The standard InChI is InChI=1S/C19H27N5O/c1-13-6-5-7-15(14(13)2)10-24-11-20-18(21-12-24)23-19-22-16-8-3-4-9-17(16)25-19/h3-4,8-9,13-15H,5-7,10-12H2,1-2H3,(H2,20,21,22,23)/t13-,14-,15-/m1/s1. The topological polar surface area (TPSA) is 65.7 Å². The normalized spacial score (nSPS) is 27.8. The lowest BCUT2D eigenvalue weighted by atomic mass is 9.74. The van der Waals surface area contributed by atoms with E-state index in [-0.39, 0.29) is 0 Å². The lowest BCUT2D eigenvalue weighted by molar-refractivity contribution is 0.121. The largest absolute Gasteiger partial charge is 0.423 e. The number of nitrogens with zero attached hydrogens (tertiary/aromatic N) is 3. The van der Waals surface area contributed by atoms with Gasteiger partial charge >= 0.3 is 6.01 Å². The van der Waals surface area contributed by atoms with E-state index in [0.29, 0.717) is 12.7 Å². The average Bonchev–Trinajstić information content (AvgIpc) is 3.03. The number of rotatable bonds is 3. The molecule has 0 saturated heterocycles. The molecule has 0 spiro atoms. The minimum Gasteiger partial charge on any atom is -0.423 e. The minimum absolute atomic E-state index is 0.482. The molecule has 2 heterocycles. The summed E-state index contributed by atoms with van der Waals surface area (Å²) in [6.07, 6.45) is 4.09. The van der Waals surface area contributed by atoms with Crippen molar-refractivity contribution in [1.29, 1.82) is 0 Å². The first-order valence-corrected chi connectivity index (χ1v) is 9.32. The number of benzene rings is 1. The molecule has 2 aliphatic rings. The number of oxazole rings is 1. The number of para-hydroxylation sites is 2. The molecule has 0 unspecified atom stereocenters. The van der Waals surface area contributed by atoms with Crippen molar-refractivity contribution in [3.8, 4) is 0 Å². The molecule has 0 bridgehead atoms. The molecule has 1 aliphatic carbocycles. The number of hydrogen-bond acceptors (Lipinski definition) is 6. The molecule has 1 aromatic heterocycles.